The predicted octanol–water partition coefficient (Wildman–Crippen LogP) is 4.47. The molecule has 0 unspecified atom stereocenters. The van der Waals surface area contributed by atoms with Gasteiger partial charge in [0.2, 0.25) is 5.91 Å². The average Bonchev–Trinajstić information content (AvgIpc) is 3.15. The highest BCUT2D eigenvalue weighted by atomic mass is 16.5. The maximum atomic E-state index is 12.7. The maximum Gasteiger partial charge on any atom is 0.257 e. The summed E-state index contributed by atoms with van der Waals surface area (Å²) in [4.78, 5) is 25.0. The van der Waals surface area contributed by atoms with E-state index in [-0.39, 0.29) is 11.8 Å². The average molecular weight is 352 g/mol. The minimum Gasteiger partial charge on any atom is -0.497 e. The van der Waals surface area contributed by atoms with Crippen LogP contribution in [0.3, 0.4) is 0 Å². The molecule has 0 spiro atoms. The molecule has 0 bridgehead atoms. The molecule has 3 rings (SSSR count). The van der Waals surface area contributed by atoms with E-state index >= 15 is 0 Å². The van der Waals surface area contributed by atoms with E-state index in [1.165, 1.54) is 12.8 Å². The fourth-order valence-corrected chi connectivity index (χ4v) is 3.37. The zero-order valence-electron chi connectivity index (χ0n) is 15.0. The lowest BCUT2D eigenvalue weighted by molar-refractivity contribution is -0.117. The summed E-state index contributed by atoms with van der Waals surface area (Å²) < 4.78 is 5.17. The van der Waals surface area contributed by atoms with Crippen LogP contribution in [-0.4, -0.2) is 18.9 Å². The number of carbonyl (C=O) groups is 2. The predicted molar refractivity (Wildman–Crippen MR) is 103 cm³/mol. The van der Waals surface area contributed by atoms with E-state index in [0.29, 0.717) is 35.0 Å². The topological polar surface area (TPSA) is 67.4 Å². The number of ether oxygens (including phenoxy) is 1. The fraction of sp³-hybridized carbons (Fsp3) is 0.333. The van der Waals surface area contributed by atoms with Crippen molar-refractivity contribution in [3.63, 3.8) is 0 Å². The number of anilines is 2. The van der Waals surface area contributed by atoms with Gasteiger partial charge in [-0.05, 0) is 43.0 Å². The lowest BCUT2D eigenvalue weighted by atomic mass is 10.0. The molecule has 2 aromatic carbocycles. The van der Waals surface area contributed by atoms with Crippen LogP contribution >= 0.6 is 0 Å². The van der Waals surface area contributed by atoms with Gasteiger partial charge in [0.15, 0.2) is 0 Å². The van der Waals surface area contributed by atoms with Crippen LogP contribution in [-0.2, 0) is 4.79 Å². The fourth-order valence-electron chi connectivity index (χ4n) is 3.37. The Morgan fingerprint density at radius 3 is 2.58 bits per heavy atom. The normalized spacial score (nSPS) is 14.0. The van der Waals surface area contributed by atoms with Crippen molar-refractivity contribution in [3.8, 4) is 5.75 Å². The Morgan fingerprint density at radius 2 is 1.81 bits per heavy atom. The third kappa shape index (κ3) is 4.63. The molecule has 1 saturated carbocycles. The van der Waals surface area contributed by atoms with Crippen molar-refractivity contribution in [1.82, 2.24) is 0 Å². The van der Waals surface area contributed by atoms with Crippen molar-refractivity contribution in [2.45, 2.75) is 32.1 Å². The number of hydrogen-bond acceptors (Lipinski definition) is 3. The quantitative estimate of drug-likeness (QED) is 0.806. The Morgan fingerprint density at radius 1 is 1.04 bits per heavy atom. The summed E-state index contributed by atoms with van der Waals surface area (Å²) in [5.41, 5.74) is 1.62. The second-order valence-corrected chi connectivity index (χ2v) is 6.63. The molecule has 1 aliphatic carbocycles. The lowest BCUT2D eigenvalue weighted by Crippen LogP contribution is -2.19. The van der Waals surface area contributed by atoms with E-state index in [4.69, 9.17) is 4.74 Å². The minimum atomic E-state index is -0.269. The minimum absolute atomic E-state index is 0.0291. The van der Waals surface area contributed by atoms with E-state index in [1.54, 1.807) is 37.4 Å². The van der Waals surface area contributed by atoms with Gasteiger partial charge in [-0.25, -0.2) is 0 Å². The van der Waals surface area contributed by atoms with E-state index in [9.17, 15) is 9.59 Å². The highest BCUT2D eigenvalue weighted by Crippen LogP contribution is 2.28. The van der Waals surface area contributed by atoms with Gasteiger partial charge in [-0.2, -0.15) is 0 Å². The standard InChI is InChI=1S/C21H24N2O3/c1-26-17-10-6-9-16(14-17)22-21(25)18-11-4-5-12-19(18)23-20(24)13-15-7-2-3-8-15/h4-6,9-12,14-15H,2-3,7-8,13H2,1H3,(H,22,25)(H,23,24). The Balaban J connectivity index is 1.69. The molecule has 5 heteroatoms. The van der Waals surface area contributed by atoms with Gasteiger partial charge in [0, 0.05) is 18.2 Å². The van der Waals surface area contributed by atoms with Crippen LogP contribution in [0.2, 0.25) is 0 Å². The summed E-state index contributed by atoms with van der Waals surface area (Å²) >= 11 is 0. The van der Waals surface area contributed by atoms with E-state index in [2.05, 4.69) is 10.6 Å². The summed E-state index contributed by atoms with van der Waals surface area (Å²) in [5.74, 6) is 0.835. The first-order chi connectivity index (χ1) is 12.7. The summed E-state index contributed by atoms with van der Waals surface area (Å²) in [6.45, 7) is 0. The largest absolute Gasteiger partial charge is 0.497 e. The molecule has 0 atom stereocenters. The van der Waals surface area contributed by atoms with Crippen molar-refractivity contribution in [2.24, 2.45) is 5.92 Å². The van der Waals surface area contributed by atoms with Crippen molar-refractivity contribution in [2.75, 3.05) is 17.7 Å². The van der Waals surface area contributed by atoms with Gasteiger partial charge in [0.1, 0.15) is 5.75 Å². The van der Waals surface area contributed by atoms with Gasteiger partial charge >= 0.3 is 0 Å². The van der Waals surface area contributed by atoms with Crippen LogP contribution < -0.4 is 15.4 Å². The molecular weight excluding hydrogens is 328 g/mol. The number of methoxy groups -OCH3 is 1. The Kier molecular flexibility index (Phi) is 5.89. The summed E-state index contributed by atoms with van der Waals surface area (Å²) in [7, 11) is 1.58. The lowest BCUT2D eigenvalue weighted by Gasteiger charge is -2.13. The van der Waals surface area contributed by atoms with Gasteiger partial charge in [0.05, 0.1) is 18.4 Å². The van der Waals surface area contributed by atoms with Gasteiger partial charge in [-0.15, -0.1) is 0 Å². The number of amides is 2. The van der Waals surface area contributed by atoms with Gasteiger partial charge in [-0.1, -0.05) is 31.0 Å². The van der Waals surface area contributed by atoms with Crippen LogP contribution in [0.15, 0.2) is 48.5 Å². The summed E-state index contributed by atoms with van der Waals surface area (Å²) in [6.07, 6.45) is 5.16. The van der Waals surface area contributed by atoms with Crippen molar-refractivity contribution < 1.29 is 14.3 Å². The Hall–Kier alpha value is -2.82. The molecule has 2 amide bonds. The van der Waals surface area contributed by atoms with E-state index in [0.717, 1.165) is 12.8 Å². The zero-order chi connectivity index (χ0) is 18.4. The summed E-state index contributed by atoms with van der Waals surface area (Å²) in [6, 6.07) is 14.2. The third-order valence-electron chi connectivity index (χ3n) is 4.72. The monoisotopic (exact) mass is 352 g/mol. The van der Waals surface area contributed by atoms with Gasteiger partial charge in [0.25, 0.3) is 5.91 Å². The molecule has 1 aliphatic rings. The molecule has 0 aromatic heterocycles. The maximum absolute atomic E-state index is 12.7. The molecule has 2 aromatic rings. The highest BCUT2D eigenvalue weighted by Gasteiger charge is 2.20. The van der Waals surface area contributed by atoms with Crippen LogP contribution in [0.25, 0.3) is 0 Å². The molecule has 5 nitrogen and oxygen atoms in total. The second-order valence-electron chi connectivity index (χ2n) is 6.63. The number of nitrogens with one attached hydrogen (secondary N) is 2. The molecule has 0 heterocycles. The molecule has 26 heavy (non-hydrogen) atoms. The first-order valence-corrected chi connectivity index (χ1v) is 9.00. The van der Waals surface area contributed by atoms with Gasteiger partial charge < -0.3 is 15.4 Å². The summed E-state index contributed by atoms with van der Waals surface area (Å²) in [5, 5.41) is 5.75. The second kappa shape index (κ2) is 8.52. The molecule has 2 N–H and O–H groups in total. The van der Waals surface area contributed by atoms with Crippen molar-refractivity contribution in [3.05, 3.63) is 54.1 Å². The number of hydrogen-bond donors (Lipinski definition) is 2. The Bertz CT molecular complexity index is 782. The number of rotatable bonds is 6. The molecule has 0 radical (unpaired) electrons. The van der Waals surface area contributed by atoms with E-state index in [1.807, 2.05) is 18.2 Å². The Labute approximate surface area is 153 Å². The van der Waals surface area contributed by atoms with E-state index < -0.39 is 0 Å². The van der Waals surface area contributed by atoms with Crippen LogP contribution in [0.1, 0.15) is 42.5 Å². The highest BCUT2D eigenvalue weighted by molar-refractivity contribution is 6.10. The molecule has 0 saturated heterocycles. The van der Waals surface area contributed by atoms with Crippen LogP contribution in [0.4, 0.5) is 11.4 Å². The van der Waals surface area contributed by atoms with Crippen LogP contribution in [0, 0.1) is 5.92 Å². The molecule has 0 aliphatic heterocycles. The SMILES string of the molecule is COc1cccc(NC(=O)c2ccccc2NC(=O)CC2CCCC2)c1. The number of para-hydroxylation sites is 1. The number of benzene rings is 2. The third-order valence-corrected chi connectivity index (χ3v) is 4.72. The first-order valence-electron chi connectivity index (χ1n) is 9.00. The molecule has 136 valence electrons. The van der Waals surface area contributed by atoms with Crippen molar-refractivity contribution >= 4 is 23.2 Å². The molecule has 1 fully saturated rings. The first kappa shape index (κ1) is 18.0. The molecular formula is C21H24N2O3. The van der Waals surface area contributed by atoms with Crippen molar-refractivity contribution in [1.29, 1.82) is 0 Å². The van der Waals surface area contributed by atoms with Crippen LogP contribution in [0.5, 0.6) is 5.75 Å². The zero-order valence-corrected chi connectivity index (χ0v) is 15.0. The number of carbonyl (C=O) groups excluding carboxylic acids is 2. The van der Waals surface area contributed by atoms with Gasteiger partial charge in [-0.3, -0.25) is 9.59 Å². The smallest absolute Gasteiger partial charge is 0.257 e.